The van der Waals surface area contributed by atoms with Crippen molar-refractivity contribution in [3.05, 3.63) is 115 Å². The zero-order valence-electron chi connectivity index (χ0n) is 12.9. The molecule has 0 N–H and O–H groups in total. The molecule has 0 aliphatic rings. The minimum atomic E-state index is -0.232. The summed E-state index contributed by atoms with van der Waals surface area (Å²) in [5.41, 5.74) is 3.63. The quantitative estimate of drug-likeness (QED) is 0.439. The van der Waals surface area contributed by atoms with Crippen LogP contribution in [0.2, 0.25) is 0 Å². The van der Waals surface area contributed by atoms with Crippen molar-refractivity contribution in [3.63, 3.8) is 0 Å². The van der Waals surface area contributed by atoms with Crippen molar-refractivity contribution in [3.8, 4) is 0 Å². The lowest BCUT2D eigenvalue weighted by molar-refractivity contribution is 0.478. The standard InChI is InChI=1S/C22H21/c1-18(2)22(19-12-6-3-7-13-19,20-14-8-4-9-15-20)21-16-10-5-11-17-21/h3-18H,1H2,2H3/q-1. The summed E-state index contributed by atoms with van der Waals surface area (Å²) >= 11 is 0. The Bertz CT molecular complexity index is 600. The predicted molar refractivity (Wildman–Crippen MR) is 93.7 cm³/mol. The second-order valence-electron chi connectivity index (χ2n) is 5.81. The van der Waals surface area contributed by atoms with Crippen molar-refractivity contribution in [1.29, 1.82) is 0 Å². The van der Waals surface area contributed by atoms with Crippen LogP contribution in [-0.2, 0) is 5.41 Å². The first kappa shape index (κ1) is 14.6. The first-order valence-electron chi connectivity index (χ1n) is 7.76. The van der Waals surface area contributed by atoms with Gasteiger partial charge in [0.05, 0.1) is 0 Å². The molecule has 0 nitrogen and oxygen atoms in total. The lowest BCUT2D eigenvalue weighted by Crippen LogP contribution is -2.35. The van der Waals surface area contributed by atoms with Crippen molar-refractivity contribution in [2.75, 3.05) is 0 Å². The Morgan fingerprint density at radius 3 is 1.09 bits per heavy atom. The Hall–Kier alpha value is -2.34. The van der Waals surface area contributed by atoms with Crippen LogP contribution in [0, 0.1) is 12.8 Å². The molecular formula is C22H21-. The molecule has 0 spiro atoms. The van der Waals surface area contributed by atoms with E-state index in [2.05, 4.69) is 105 Å². The molecule has 3 aromatic rings. The summed E-state index contributed by atoms with van der Waals surface area (Å²) in [6.45, 7) is 6.64. The number of hydrogen-bond donors (Lipinski definition) is 0. The highest BCUT2D eigenvalue weighted by molar-refractivity contribution is 5.51. The first-order valence-corrected chi connectivity index (χ1v) is 7.76. The molecule has 0 saturated carbocycles. The van der Waals surface area contributed by atoms with Crippen molar-refractivity contribution >= 4 is 0 Å². The molecule has 1 atom stereocenters. The second kappa shape index (κ2) is 6.19. The van der Waals surface area contributed by atoms with Gasteiger partial charge >= 0.3 is 0 Å². The van der Waals surface area contributed by atoms with Gasteiger partial charge in [-0.15, -0.1) is 0 Å². The van der Waals surface area contributed by atoms with Crippen LogP contribution >= 0.6 is 0 Å². The Labute approximate surface area is 133 Å². The van der Waals surface area contributed by atoms with E-state index >= 15 is 0 Å². The third kappa shape index (κ3) is 2.35. The van der Waals surface area contributed by atoms with Gasteiger partial charge < -0.3 is 6.92 Å². The third-order valence-electron chi connectivity index (χ3n) is 4.43. The van der Waals surface area contributed by atoms with Crippen LogP contribution in [0.25, 0.3) is 0 Å². The highest BCUT2D eigenvalue weighted by Gasteiger charge is 2.35. The van der Waals surface area contributed by atoms with Gasteiger partial charge in [0.2, 0.25) is 0 Å². The molecule has 0 aliphatic carbocycles. The summed E-state index contributed by atoms with van der Waals surface area (Å²) in [6, 6.07) is 32.1. The van der Waals surface area contributed by atoms with Gasteiger partial charge in [-0.2, -0.15) is 5.92 Å². The Kier molecular flexibility index (Phi) is 4.11. The average Bonchev–Trinajstić information content (AvgIpc) is 2.58. The lowest BCUT2D eigenvalue weighted by atomic mass is 9.63. The molecule has 0 aromatic heterocycles. The van der Waals surface area contributed by atoms with Crippen LogP contribution in [0.5, 0.6) is 0 Å². The van der Waals surface area contributed by atoms with Crippen LogP contribution in [0.1, 0.15) is 23.6 Å². The van der Waals surface area contributed by atoms with Crippen LogP contribution in [0.3, 0.4) is 0 Å². The molecule has 0 saturated heterocycles. The molecule has 110 valence electrons. The fourth-order valence-corrected chi connectivity index (χ4v) is 3.46. The van der Waals surface area contributed by atoms with Gasteiger partial charge in [0, 0.05) is 5.41 Å². The molecule has 0 fully saturated rings. The fourth-order valence-electron chi connectivity index (χ4n) is 3.46. The van der Waals surface area contributed by atoms with Gasteiger partial charge in [0.25, 0.3) is 0 Å². The summed E-state index contributed by atoms with van der Waals surface area (Å²) < 4.78 is 0. The summed E-state index contributed by atoms with van der Waals surface area (Å²) in [7, 11) is 0. The van der Waals surface area contributed by atoms with E-state index < -0.39 is 0 Å². The van der Waals surface area contributed by atoms with Gasteiger partial charge in [-0.25, -0.2) is 0 Å². The van der Waals surface area contributed by atoms with Crippen LogP contribution < -0.4 is 0 Å². The van der Waals surface area contributed by atoms with Crippen molar-refractivity contribution in [2.45, 2.75) is 12.3 Å². The molecule has 1 unspecified atom stereocenters. The highest BCUT2D eigenvalue weighted by atomic mass is 14.4. The topological polar surface area (TPSA) is 0 Å². The molecule has 3 aromatic carbocycles. The minimum absolute atomic E-state index is 0.194. The van der Waals surface area contributed by atoms with Crippen LogP contribution in [-0.4, -0.2) is 0 Å². The fraction of sp³-hybridized carbons (Fsp3) is 0.136. The van der Waals surface area contributed by atoms with Gasteiger partial charge in [0.15, 0.2) is 0 Å². The van der Waals surface area contributed by atoms with Gasteiger partial charge in [-0.3, -0.25) is 0 Å². The molecule has 3 rings (SSSR count). The number of benzene rings is 3. The Morgan fingerprint density at radius 1 is 0.591 bits per heavy atom. The third-order valence-corrected chi connectivity index (χ3v) is 4.43. The van der Waals surface area contributed by atoms with Gasteiger partial charge in [0.1, 0.15) is 0 Å². The molecule has 0 amide bonds. The van der Waals surface area contributed by atoms with Crippen molar-refractivity contribution in [1.82, 2.24) is 0 Å². The van der Waals surface area contributed by atoms with Crippen molar-refractivity contribution in [2.24, 2.45) is 5.92 Å². The summed E-state index contributed by atoms with van der Waals surface area (Å²) in [6.07, 6.45) is 0. The maximum Gasteiger partial charge on any atom is 0.0206 e. The largest absolute Gasteiger partial charge is 0.339 e. The van der Waals surface area contributed by atoms with Gasteiger partial charge in [-0.05, 0) is 16.7 Å². The number of rotatable bonds is 4. The molecule has 0 bridgehead atoms. The normalized spacial score (nSPS) is 12.8. The SMILES string of the molecule is [CH2-]C(C)C(c1ccccc1)(c1ccccc1)c1ccccc1. The maximum atomic E-state index is 4.44. The van der Waals surface area contributed by atoms with Crippen molar-refractivity contribution < 1.29 is 0 Å². The monoisotopic (exact) mass is 285 g/mol. The smallest absolute Gasteiger partial charge is 0.0206 e. The molecular weight excluding hydrogens is 264 g/mol. The van der Waals surface area contributed by atoms with Gasteiger partial charge in [-0.1, -0.05) is 97.9 Å². The highest BCUT2D eigenvalue weighted by Crippen LogP contribution is 2.44. The van der Waals surface area contributed by atoms with E-state index in [-0.39, 0.29) is 11.3 Å². The van der Waals surface area contributed by atoms with E-state index in [4.69, 9.17) is 0 Å². The van der Waals surface area contributed by atoms with E-state index in [1.54, 1.807) is 0 Å². The summed E-state index contributed by atoms with van der Waals surface area (Å²) in [5, 5.41) is 0. The zero-order chi connectivity index (χ0) is 15.4. The van der Waals surface area contributed by atoms with Crippen LogP contribution in [0.4, 0.5) is 0 Å². The molecule has 0 heteroatoms. The molecule has 22 heavy (non-hydrogen) atoms. The second-order valence-corrected chi connectivity index (χ2v) is 5.81. The number of hydrogen-bond acceptors (Lipinski definition) is 0. The first-order chi connectivity index (χ1) is 10.8. The van der Waals surface area contributed by atoms with E-state index in [1.807, 2.05) is 0 Å². The molecule has 0 heterocycles. The minimum Gasteiger partial charge on any atom is -0.339 e. The average molecular weight is 285 g/mol. The molecule has 0 radical (unpaired) electrons. The maximum absolute atomic E-state index is 4.44. The summed E-state index contributed by atoms with van der Waals surface area (Å²) in [5.74, 6) is 0.194. The lowest BCUT2D eigenvalue weighted by Gasteiger charge is -2.43. The van der Waals surface area contributed by atoms with Crippen LogP contribution in [0.15, 0.2) is 91.0 Å². The van der Waals surface area contributed by atoms with E-state index in [9.17, 15) is 0 Å². The Balaban J connectivity index is 2.34. The van der Waals surface area contributed by atoms with E-state index in [1.165, 1.54) is 16.7 Å². The Morgan fingerprint density at radius 2 is 0.864 bits per heavy atom. The zero-order valence-corrected chi connectivity index (χ0v) is 12.9. The predicted octanol–water partition coefficient (Wildman–Crippen LogP) is 5.49. The van der Waals surface area contributed by atoms with E-state index in [0.29, 0.717) is 0 Å². The van der Waals surface area contributed by atoms with E-state index in [0.717, 1.165) is 0 Å². The molecule has 0 aliphatic heterocycles. The summed E-state index contributed by atoms with van der Waals surface area (Å²) in [4.78, 5) is 0.